The van der Waals surface area contributed by atoms with E-state index in [1.807, 2.05) is 19.2 Å². The lowest BCUT2D eigenvalue weighted by molar-refractivity contribution is 0.420. The summed E-state index contributed by atoms with van der Waals surface area (Å²) in [5.41, 5.74) is 0.871. The minimum atomic E-state index is -0.0364. The molecule has 3 rings (SSSR count). The lowest BCUT2D eigenvalue weighted by Crippen LogP contribution is -1.95. The molecular formula is C14H10ClN5OS2. The number of nitriles is 1. The Hall–Kier alpha value is -2.08. The highest BCUT2D eigenvalue weighted by Crippen LogP contribution is 2.31. The Morgan fingerprint density at radius 1 is 1.52 bits per heavy atom. The van der Waals surface area contributed by atoms with Gasteiger partial charge in [0.2, 0.25) is 0 Å². The van der Waals surface area contributed by atoms with Crippen molar-refractivity contribution in [2.75, 3.05) is 5.75 Å². The van der Waals surface area contributed by atoms with Gasteiger partial charge in [-0.3, -0.25) is 0 Å². The number of aliphatic hydroxyl groups excluding tert-OH is 1. The van der Waals surface area contributed by atoms with Crippen LogP contribution in [-0.2, 0) is 7.05 Å². The van der Waals surface area contributed by atoms with Gasteiger partial charge in [0.1, 0.15) is 28.7 Å². The standard InChI is InChI=1S/C14H10ClN5OS2/c1-20-7-17-19-14(20)22-6-11(21)9(5-16)13-18-10-4-8(15)2-3-12(10)23-13/h2-4,7,21H,6H2,1H3. The average molecular weight is 364 g/mol. The highest BCUT2D eigenvalue weighted by atomic mass is 35.5. The van der Waals surface area contributed by atoms with E-state index in [4.69, 9.17) is 11.6 Å². The summed E-state index contributed by atoms with van der Waals surface area (Å²) in [4.78, 5) is 4.38. The Morgan fingerprint density at radius 2 is 2.35 bits per heavy atom. The first-order chi connectivity index (χ1) is 11.1. The number of aryl methyl sites for hydroxylation is 1. The Kier molecular flexibility index (Phi) is 4.52. The summed E-state index contributed by atoms with van der Waals surface area (Å²) >= 11 is 8.58. The summed E-state index contributed by atoms with van der Waals surface area (Å²) in [5, 5.41) is 29.0. The second-order valence-electron chi connectivity index (χ2n) is 4.58. The van der Waals surface area contributed by atoms with Gasteiger partial charge in [0, 0.05) is 12.1 Å². The fourth-order valence-electron chi connectivity index (χ4n) is 1.85. The van der Waals surface area contributed by atoms with Crippen molar-refractivity contribution in [2.45, 2.75) is 5.16 Å². The number of benzene rings is 1. The third-order valence-electron chi connectivity index (χ3n) is 2.97. The Balaban J connectivity index is 1.90. The molecule has 0 radical (unpaired) electrons. The molecular weight excluding hydrogens is 354 g/mol. The minimum absolute atomic E-state index is 0.0364. The van der Waals surface area contributed by atoms with E-state index >= 15 is 0 Å². The van der Waals surface area contributed by atoms with Crippen LogP contribution in [0.5, 0.6) is 0 Å². The molecule has 0 fully saturated rings. The quantitative estimate of drug-likeness (QED) is 0.432. The molecule has 0 bridgehead atoms. The molecule has 0 spiro atoms. The number of aromatic nitrogens is 4. The molecule has 0 unspecified atom stereocenters. The first-order valence-electron chi connectivity index (χ1n) is 6.44. The molecule has 2 aromatic heterocycles. The molecule has 0 saturated carbocycles. The van der Waals surface area contributed by atoms with Gasteiger partial charge < -0.3 is 9.67 Å². The van der Waals surface area contributed by atoms with Crippen molar-refractivity contribution in [3.8, 4) is 6.07 Å². The molecule has 6 nitrogen and oxygen atoms in total. The molecule has 23 heavy (non-hydrogen) atoms. The lowest BCUT2D eigenvalue weighted by Gasteiger charge is -2.02. The number of halogens is 1. The normalized spacial score (nSPS) is 12.2. The summed E-state index contributed by atoms with van der Waals surface area (Å²) < 4.78 is 2.65. The summed E-state index contributed by atoms with van der Waals surface area (Å²) in [6.45, 7) is 0. The zero-order valence-electron chi connectivity index (χ0n) is 11.9. The number of hydrogen-bond donors (Lipinski definition) is 1. The van der Waals surface area contributed by atoms with E-state index < -0.39 is 0 Å². The molecule has 3 aromatic rings. The molecule has 1 aromatic carbocycles. The zero-order chi connectivity index (χ0) is 16.4. The van der Waals surface area contributed by atoms with Crippen LogP contribution in [-0.4, -0.2) is 30.6 Å². The van der Waals surface area contributed by atoms with E-state index in [1.54, 1.807) is 23.0 Å². The van der Waals surface area contributed by atoms with Crippen LogP contribution >= 0.6 is 34.7 Å². The van der Waals surface area contributed by atoms with Crippen molar-refractivity contribution < 1.29 is 5.11 Å². The maximum atomic E-state index is 10.3. The molecule has 0 amide bonds. The minimum Gasteiger partial charge on any atom is -0.510 e. The molecule has 9 heteroatoms. The van der Waals surface area contributed by atoms with E-state index in [-0.39, 0.29) is 17.1 Å². The van der Waals surface area contributed by atoms with Crippen LogP contribution in [0, 0.1) is 11.3 Å². The largest absolute Gasteiger partial charge is 0.510 e. The number of rotatable bonds is 4. The molecule has 0 aliphatic rings. The number of allylic oxidation sites excluding steroid dienone is 1. The number of hydrogen-bond acceptors (Lipinski definition) is 7. The van der Waals surface area contributed by atoms with Gasteiger partial charge in [-0.1, -0.05) is 23.4 Å². The number of nitrogens with zero attached hydrogens (tertiary/aromatic N) is 5. The second kappa shape index (κ2) is 6.58. The average Bonchev–Trinajstić information content (AvgIpc) is 3.11. The number of aliphatic hydroxyl groups is 1. The summed E-state index contributed by atoms with van der Waals surface area (Å²) in [6, 6.07) is 7.38. The molecule has 0 aliphatic heterocycles. The smallest absolute Gasteiger partial charge is 0.191 e. The van der Waals surface area contributed by atoms with Gasteiger partial charge in [0.25, 0.3) is 0 Å². The van der Waals surface area contributed by atoms with Crippen LogP contribution in [0.15, 0.2) is 35.4 Å². The van der Waals surface area contributed by atoms with Gasteiger partial charge in [0.05, 0.1) is 16.0 Å². The Bertz CT molecular complexity index is 940. The van der Waals surface area contributed by atoms with Gasteiger partial charge in [0.15, 0.2) is 5.16 Å². The predicted molar refractivity (Wildman–Crippen MR) is 91.5 cm³/mol. The van der Waals surface area contributed by atoms with E-state index in [1.165, 1.54) is 23.1 Å². The van der Waals surface area contributed by atoms with Crippen molar-refractivity contribution in [1.82, 2.24) is 19.7 Å². The van der Waals surface area contributed by atoms with E-state index in [0.717, 1.165) is 4.70 Å². The number of fused-ring (bicyclic) bond motifs is 1. The topological polar surface area (TPSA) is 87.6 Å². The predicted octanol–water partition coefficient (Wildman–Crippen LogP) is 3.66. The molecule has 0 saturated heterocycles. The lowest BCUT2D eigenvalue weighted by atomic mass is 10.2. The molecule has 0 atom stereocenters. The Morgan fingerprint density at radius 3 is 3.04 bits per heavy atom. The molecule has 0 aliphatic carbocycles. The van der Waals surface area contributed by atoms with E-state index in [0.29, 0.717) is 20.7 Å². The fraction of sp³-hybridized carbons (Fsp3) is 0.143. The van der Waals surface area contributed by atoms with Gasteiger partial charge in [-0.15, -0.1) is 21.5 Å². The first-order valence-corrected chi connectivity index (χ1v) is 8.62. The van der Waals surface area contributed by atoms with Crippen molar-refractivity contribution in [3.63, 3.8) is 0 Å². The zero-order valence-corrected chi connectivity index (χ0v) is 14.3. The molecule has 2 heterocycles. The third-order valence-corrected chi connectivity index (χ3v) is 5.31. The summed E-state index contributed by atoms with van der Waals surface area (Å²) in [6.07, 6.45) is 1.57. The fourth-order valence-corrected chi connectivity index (χ4v) is 3.75. The van der Waals surface area contributed by atoms with Crippen molar-refractivity contribution in [1.29, 1.82) is 5.26 Å². The second-order valence-corrected chi connectivity index (χ2v) is 6.99. The first kappa shape index (κ1) is 15.8. The van der Waals surface area contributed by atoms with Gasteiger partial charge in [-0.2, -0.15) is 5.26 Å². The van der Waals surface area contributed by atoms with Gasteiger partial charge in [-0.05, 0) is 18.2 Å². The maximum absolute atomic E-state index is 10.3. The van der Waals surface area contributed by atoms with Crippen LogP contribution in [0.25, 0.3) is 15.8 Å². The van der Waals surface area contributed by atoms with Crippen molar-refractivity contribution in [2.24, 2.45) is 7.05 Å². The van der Waals surface area contributed by atoms with Gasteiger partial charge >= 0.3 is 0 Å². The maximum Gasteiger partial charge on any atom is 0.191 e. The SMILES string of the molecule is Cn1cnnc1SCC(O)=C(C#N)c1nc2cc(Cl)ccc2s1. The van der Waals surface area contributed by atoms with Crippen molar-refractivity contribution >= 4 is 50.5 Å². The van der Waals surface area contributed by atoms with Crippen LogP contribution in [0.2, 0.25) is 5.02 Å². The summed E-state index contributed by atoms with van der Waals surface area (Å²) in [5.74, 6) is 0.178. The van der Waals surface area contributed by atoms with E-state index in [9.17, 15) is 10.4 Å². The Labute approximate surface area is 145 Å². The summed E-state index contributed by atoms with van der Waals surface area (Å²) in [7, 11) is 1.81. The van der Waals surface area contributed by atoms with Crippen LogP contribution in [0.1, 0.15) is 5.01 Å². The number of thiazole rings is 1. The number of thioether (sulfide) groups is 1. The highest BCUT2D eigenvalue weighted by molar-refractivity contribution is 7.99. The highest BCUT2D eigenvalue weighted by Gasteiger charge is 2.15. The monoisotopic (exact) mass is 363 g/mol. The van der Waals surface area contributed by atoms with Crippen LogP contribution in [0.4, 0.5) is 0 Å². The van der Waals surface area contributed by atoms with Crippen LogP contribution < -0.4 is 0 Å². The van der Waals surface area contributed by atoms with E-state index in [2.05, 4.69) is 15.2 Å². The third kappa shape index (κ3) is 3.32. The molecule has 1 N–H and O–H groups in total. The molecule has 116 valence electrons. The van der Waals surface area contributed by atoms with Crippen molar-refractivity contribution in [3.05, 3.63) is 40.3 Å². The van der Waals surface area contributed by atoms with Gasteiger partial charge in [-0.25, -0.2) is 4.98 Å². The van der Waals surface area contributed by atoms with Crippen LogP contribution in [0.3, 0.4) is 0 Å².